The van der Waals surface area contributed by atoms with Gasteiger partial charge in [0.15, 0.2) is 5.78 Å². The zero-order chi connectivity index (χ0) is 9.56. The van der Waals surface area contributed by atoms with Crippen molar-refractivity contribution in [2.45, 2.75) is 20.3 Å². The fourth-order valence-electron chi connectivity index (χ4n) is 0.916. The Morgan fingerprint density at radius 1 is 1.50 bits per heavy atom. The van der Waals surface area contributed by atoms with Gasteiger partial charge in [0.1, 0.15) is 0 Å². The molecule has 0 spiro atoms. The third-order valence-electron chi connectivity index (χ3n) is 1.46. The van der Waals surface area contributed by atoms with Crippen molar-refractivity contribution in [3.05, 3.63) is 0 Å². The van der Waals surface area contributed by atoms with Crippen molar-refractivity contribution < 1.29 is 14.3 Å². The number of ether oxygens (including phenoxy) is 1. The maximum atomic E-state index is 10.7. The molecule has 4 heteroatoms. The van der Waals surface area contributed by atoms with Crippen LogP contribution < -0.4 is 0 Å². The van der Waals surface area contributed by atoms with E-state index in [2.05, 4.69) is 4.74 Å². The maximum absolute atomic E-state index is 10.7. The average molecular weight is 173 g/mol. The Hall–Kier alpha value is -1.06. The van der Waals surface area contributed by atoms with Crippen LogP contribution in [0.3, 0.4) is 0 Å². The van der Waals surface area contributed by atoms with Crippen LogP contribution in [-0.2, 0) is 9.53 Å². The molecule has 0 aromatic heterocycles. The number of methoxy groups -OCH3 is 1. The number of likely N-dealkylation sites (tertiary alicyclic amines) is 1. The van der Waals surface area contributed by atoms with Gasteiger partial charge in [0.2, 0.25) is 0 Å². The van der Waals surface area contributed by atoms with E-state index < -0.39 is 6.09 Å². The second kappa shape index (κ2) is 5.57. The lowest BCUT2D eigenvalue weighted by atomic mass is 10.4. The van der Waals surface area contributed by atoms with Gasteiger partial charge in [-0.15, -0.1) is 0 Å². The monoisotopic (exact) mass is 173 g/mol. The number of carbonyl (C=O) groups excluding carboxylic acids is 2. The van der Waals surface area contributed by atoms with Crippen LogP contribution in [0, 0.1) is 0 Å². The van der Waals surface area contributed by atoms with Crippen LogP contribution in [-0.4, -0.2) is 37.0 Å². The number of carbonyl (C=O) groups is 2. The first-order valence-corrected chi connectivity index (χ1v) is 4.08. The highest BCUT2D eigenvalue weighted by molar-refractivity contribution is 5.87. The third kappa shape index (κ3) is 2.90. The highest BCUT2D eigenvalue weighted by atomic mass is 16.5. The minimum atomic E-state index is -0.411. The molecule has 4 nitrogen and oxygen atoms in total. The summed E-state index contributed by atoms with van der Waals surface area (Å²) in [6.07, 6.45) is 0.0561. The highest BCUT2D eigenvalue weighted by Gasteiger charge is 2.23. The number of rotatable bonds is 0. The molecule has 1 aliphatic heterocycles. The van der Waals surface area contributed by atoms with Crippen LogP contribution in [0.15, 0.2) is 0 Å². The number of hydrogen-bond acceptors (Lipinski definition) is 3. The molecule has 0 saturated carbocycles. The molecule has 1 heterocycles. The van der Waals surface area contributed by atoms with Crippen LogP contribution >= 0.6 is 0 Å². The van der Waals surface area contributed by atoms with Gasteiger partial charge in [0.05, 0.1) is 13.7 Å². The zero-order valence-electron chi connectivity index (χ0n) is 7.79. The smallest absolute Gasteiger partial charge is 0.409 e. The van der Waals surface area contributed by atoms with Gasteiger partial charge in [-0.2, -0.15) is 0 Å². The Kier molecular flexibility index (Phi) is 5.08. The van der Waals surface area contributed by atoms with Crippen molar-refractivity contribution in [1.82, 2.24) is 4.90 Å². The lowest BCUT2D eigenvalue weighted by Crippen LogP contribution is -2.28. The molecule has 0 unspecified atom stereocenters. The van der Waals surface area contributed by atoms with Gasteiger partial charge in [-0.1, -0.05) is 13.8 Å². The molecule has 70 valence electrons. The van der Waals surface area contributed by atoms with Crippen molar-refractivity contribution in [2.24, 2.45) is 0 Å². The van der Waals surface area contributed by atoms with Crippen molar-refractivity contribution >= 4 is 11.9 Å². The minimum Gasteiger partial charge on any atom is -0.453 e. The van der Waals surface area contributed by atoms with Gasteiger partial charge >= 0.3 is 6.09 Å². The summed E-state index contributed by atoms with van der Waals surface area (Å²) in [5.41, 5.74) is 0. The molecule has 1 rings (SSSR count). The van der Waals surface area contributed by atoms with Crippen molar-refractivity contribution in [2.75, 3.05) is 20.2 Å². The summed E-state index contributed by atoms with van der Waals surface area (Å²) in [7, 11) is 1.31. The van der Waals surface area contributed by atoms with E-state index in [-0.39, 0.29) is 12.3 Å². The molecule has 12 heavy (non-hydrogen) atoms. The summed E-state index contributed by atoms with van der Waals surface area (Å²) >= 11 is 0. The van der Waals surface area contributed by atoms with Crippen LogP contribution in [0.2, 0.25) is 0 Å². The molecule has 0 radical (unpaired) electrons. The number of ketones is 1. The normalized spacial score (nSPS) is 15.2. The minimum absolute atomic E-state index is 0.102. The fraction of sp³-hybridized carbons (Fsp3) is 0.750. The molecular formula is C8H15NO3. The SMILES string of the molecule is CC.COC(=O)N1CCC(=O)C1. The molecule has 1 aliphatic rings. The van der Waals surface area contributed by atoms with Gasteiger partial charge in [-0.3, -0.25) is 4.79 Å². The summed E-state index contributed by atoms with van der Waals surface area (Å²) in [5, 5.41) is 0. The summed E-state index contributed by atoms with van der Waals surface area (Å²) in [5.74, 6) is 0.102. The van der Waals surface area contributed by atoms with E-state index in [4.69, 9.17) is 0 Å². The molecule has 0 aromatic rings. The Morgan fingerprint density at radius 2 is 2.08 bits per heavy atom. The Bertz CT molecular complexity index is 168. The molecule has 1 fully saturated rings. The van der Waals surface area contributed by atoms with Crippen molar-refractivity contribution in [1.29, 1.82) is 0 Å². The predicted molar refractivity (Wildman–Crippen MR) is 45.0 cm³/mol. The standard InChI is InChI=1S/C6H9NO3.C2H6/c1-10-6(9)7-3-2-5(8)4-7;1-2/h2-4H2,1H3;1-2H3. The van der Waals surface area contributed by atoms with Gasteiger partial charge in [-0.25, -0.2) is 4.79 Å². The first-order valence-electron chi connectivity index (χ1n) is 4.08. The van der Waals surface area contributed by atoms with E-state index in [1.165, 1.54) is 12.0 Å². The molecule has 0 aromatic carbocycles. The largest absolute Gasteiger partial charge is 0.453 e. The van der Waals surface area contributed by atoms with Gasteiger partial charge < -0.3 is 9.64 Å². The van der Waals surface area contributed by atoms with Crippen LogP contribution in [0.25, 0.3) is 0 Å². The van der Waals surface area contributed by atoms with E-state index in [0.29, 0.717) is 13.0 Å². The van der Waals surface area contributed by atoms with E-state index in [0.717, 1.165) is 0 Å². The number of Topliss-reactive ketones (excluding diaryl/α,β-unsaturated/α-hetero) is 1. The van der Waals surface area contributed by atoms with E-state index >= 15 is 0 Å². The second-order valence-corrected chi connectivity index (χ2v) is 2.18. The second-order valence-electron chi connectivity index (χ2n) is 2.18. The first kappa shape index (κ1) is 10.9. The summed E-state index contributed by atoms with van der Waals surface area (Å²) in [6, 6.07) is 0. The van der Waals surface area contributed by atoms with Crippen molar-refractivity contribution in [3.8, 4) is 0 Å². The number of hydrogen-bond donors (Lipinski definition) is 0. The molecule has 1 amide bonds. The molecular weight excluding hydrogens is 158 g/mol. The summed E-state index contributed by atoms with van der Waals surface area (Å²) < 4.78 is 4.42. The topological polar surface area (TPSA) is 46.6 Å². The quantitative estimate of drug-likeness (QED) is 0.550. The molecule has 0 bridgehead atoms. The molecule has 0 aliphatic carbocycles. The summed E-state index contributed by atoms with van der Waals surface area (Å²) in [6.45, 7) is 4.72. The fourth-order valence-corrected chi connectivity index (χ4v) is 0.916. The Labute approximate surface area is 72.5 Å². The lowest BCUT2D eigenvalue weighted by molar-refractivity contribution is -0.116. The highest BCUT2D eigenvalue weighted by Crippen LogP contribution is 2.04. The van der Waals surface area contributed by atoms with Crippen LogP contribution in [0.1, 0.15) is 20.3 Å². The van der Waals surface area contributed by atoms with Gasteiger partial charge in [-0.05, 0) is 0 Å². The zero-order valence-corrected chi connectivity index (χ0v) is 7.79. The van der Waals surface area contributed by atoms with Crippen LogP contribution in [0.5, 0.6) is 0 Å². The van der Waals surface area contributed by atoms with E-state index in [9.17, 15) is 9.59 Å². The maximum Gasteiger partial charge on any atom is 0.409 e. The van der Waals surface area contributed by atoms with Gasteiger partial charge in [0.25, 0.3) is 0 Å². The van der Waals surface area contributed by atoms with E-state index in [1.807, 2.05) is 13.8 Å². The number of nitrogens with zero attached hydrogens (tertiary/aromatic N) is 1. The predicted octanol–water partition coefficient (Wildman–Crippen LogP) is 1.05. The lowest BCUT2D eigenvalue weighted by Gasteiger charge is -2.10. The third-order valence-corrected chi connectivity index (χ3v) is 1.46. The van der Waals surface area contributed by atoms with Crippen LogP contribution in [0.4, 0.5) is 4.79 Å². The summed E-state index contributed by atoms with van der Waals surface area (Å²) in [4.78, 5) is 22.7. The first-order chi connectivity index (χ1) is 5.74. The number of amides is 1. The molecule has 1 saturated heterocycles. The Morgan fingerprint density at radius 3 is 2.42 bits per heavy atom. The Balaban J connectivity index is 0.000000561. The van der Waals surface area contributed by atoms with Gasteiger partial charge in [0, 0.05) is 13.0 Å². The van der Waals surface area contributed by atoms with Crippen molar-refractivity contribution in [3.63, 3.8) is 0 Å². The molecule has 0 atom stereocenters. The average Bonchev–Trinajstić information content (AvgIpc) is 2.54. The molecule has 0 N–H and O–H groups in total. The van der Waals surface area contributed by atoms with E-state index in [1.54, 1.807) is 0 Å².